The minimum absolute atomic E-state index is 0.139. The largest absolute Gasteiger partial charge is 0.354 e. The summed E-state index contributed by atoms with van der Waals surface area (Å²) >= 11 is 1.78. The molecule has 1 aliphatic heterocycles. The van der Waals surface area contributed by atoms with Crippen LogP contribution in [0.1, 0.15) is 62.8 Å². The average molecular weight is 374 g/mol. The number of aryl methyl sites for hydroxylation is 1. The van der Waals surface area contributed by atoms with Gasteiger partial charge in [-0.2, -0.15) is 0 Å². The summed E-state index contributed by atoms with van der Waals surface area (Å²) in [6.07, 6.45) is 0. The molecule has 3 rings (SSSR count). The lowest BCUT2D eigenvalue weighted by Crippen LogP contribution is -2.46. The third kappa shape index (κ3) is 4.60. The number of piperazine rings is 1. The van der Waals surface area contributed by atoms with Crippen molar-refractivity contribution in [2.45, 2.75) is 59.4 Å². The van der Waals surface area contributed by atoms with Crippen molar-refractivity contribution >= 4 is 17.2 Å². The maximum atomic E-state index is 4.84. The molecule has 0 amide bonds. The number of anilines is 1. The smallest absolute Gasteiger partial charge is 0.133 e. The van der Waals surface area contributed by atoms with Crippen LogP contribution in [0.3, 0.4) is 0 Å². The third-order valence-corrected chi connectivity index (χ3v) is 5.97. The lowest BCUT2D eigenvalue weighted by atomic mass is 9.98. The molecule has 2 aromatic heterocycles. The van der Waals surface area contributed by atoms with Crippen LogP contribution in [0.25, 0.3) is 0 Å². The van der Waals surface area contributed by atoms with Crippen LogP contribution >= 0.6 is 11.3 Å². The van der Waals surface area contributed by atoms with Gasteiger partial charge in [-0.25, -0.2) is 15.0 Å². The minimum atomic E-state index is 0.139. The summed E-state index contributed by atoms with van der Waals surface area (Å²) in [5, 5.41) is 3.44. The Morgan fingerprint density at radius 2 is 1.77 bits per heavy atom. The summed E-state index contributed by atoms with van der Waals surface area (Å²) in [4.78, 5) is 19.1. The van der Waals surface area contributed by atoms with Crippen LogP contribution in [-0.4, -0.2) is 46.0 Å². The average Bonchev–Trinajstić information content (AvgIpc) is 3.04. The fourth-order valence-corrected chi connectivity index (χ4v) is 3.98. The van der Waals surface area contributed by atoms with E-state index in [0.717, 1.165) is 50.1 Å². The van der Waals surface area contributed by atoms with Gasteiger partial charge in [0.05, 0.1) is 10.7 Å². The van der Waals surface area contributed by atoms with Crippen molar-refractivity contribution in [2.75, 3.05) is 31.1 Å². The molecule has 6 heteroatoms. The Hall–Kier alpha value is -1.53. The molecule has 0 saturated carbocycles. The van der Waals surface area contributed by atoms with Crippen LogP contribution < -0.4 is 4.90 Å². The summed E-state index contributed by atoms with van der Waals surface area (Å²) in [6, 6.07) is 2.11. The van der Waals surface area contributed by atoms with Crippen molar-refractivity contribution in [3.63, 3.8) is 0 Å². The first-order chi connectivity index (χ1) is 12.2. The molecule has 0 aromatic carbocycles. The number of hydrogen-bond donors (Lipinski definition) is 0. The predicted molar refractivity (Wildman–Crippen MR) is 109 cm³/mol. The van der Waals surface area contributed by atoms with E-state index in [0.29, 0.717) is 5.92 Å². The van der Waals surface area contributed by atoms with Gasteiger partial charge >= 0.3 is 0 Å². The molecule has 5 nitrogen and oxygen atoms in total. The SMILES string of the molecule is Cc1cc(N2CCN(Cc3csc(C(C)(C)C)n3)CC2)nc(C(C)C)n1. The first kappa shape index (κ1) is 19.2. The minimum Gasteiger partial charge on any atom is -0.354 e. The highest BCUT2D eigenvalue weighted by Crippen LogP contribution is 2.26. The van der Waals surface area contributed by atoms with Crippen LogP contribution in [0.4, 0.5) is 5.82 Å². The van der Waals surface area contributed by atoms with Crippen molar-refractivity contribution < 1.29 is 0 Å². The van der Waals surface area contributed by atoms with Gasteiger partial charge in [0.2, 0.25) is 0 Å². The maximum absolute atomic E-state index is 4.84. The van der Waals surface area contributed by atoms with Crippen molar-refractivity contribution in [1.82, 2.24) is 19.9 Å². The molecule has 0 N–H and O–H groups in total. The second kappa shape index (κ2) is 7.61. The van der Waals surface area contributed by atoms with E-state index in [2.05, 4.69) is 67.8 Å². The molecular formula is C20H31N5S. The fraction of sp³-hybridized carbons (Fsp3) is 0.650. The van der Waals surface area contributed by atoms with E-state index in [1.54, 1.807) is 11.3 Å². The summed E-state index contributed by atoms with van der Waals surface area (Å²) in [6.45, 7) is 18.1. The van der Waals surface area contributed by atoms with Gasteiger partial charge in [-0.3, -0.25) is 4.90 Å². The molecule has 0 atom stereocenters. The highest BCUT2D eigenvalue weighted by atomic mass is 32.1. The van der Waals surface area contributed by atoms with E-state index >= 15 is 0 Å². The molecule has 3 heterocycles. The van der Waals surface area contributed by atoms with Gasteiger partial charge in [0.1, 0.15) is 11.6 Å². The highest BCUT2D eigenvalue weighted by molar-refractivity contribution is 7.09. The Bertz CT molecular complexity index is 739. The molecule has 0 bridgehead atoms. The van der Waals surface area contributed by atoms with Crippen molar-refractivity contribution in [1.29, 1.82) is 0 Å². The first-order valence-corrected chi connectivity index (χ1v) is 10.4. The normalized spacial score (nSPS) is 16.5. The van der Waals surface area contributed by atoms with Crippen LogP contribution in [-0.2, 0) is 12.0 Å². The molecule has 0 spiro atoms. The highest BCUT2D eigenvalue weighted by Gasteiger charge is 2.22. The van der Waals surface area contributed by atoms with Crippen LogP contribution in [0, 0.1) is 6.92 Å². The van der Waals surface area contributed by atoms with E-state index < -0.39 is 0 Å². The van der Waals surface area contributed by atoms with Gasteiger partial charge in [0.15, 0.2) is 0 Å². The zero-order chi connectivity index (χ0) is 18.9. The van der Waals surface area contributed by atoms with E-state index in [9.17, 15) is 0 Å². The number of thiazole rings is 1. The van der Waals surface area contributed by atoms with Crippen molar-refractivity contribution in [3.05, 3.63) is 33.7 Å². The zero-order valence-corrected chi connectivity index (χ0v) is 17.7. The van der Waals surface area contributed by atoms with E-state index in [1.165, 1.54) is 10.7 Å². The zero-order valence-electron chi connectivity index (χ0n) is 16.9. The fourth-order valence-electron chi connectivity index (χ4n) is 3.08. The Labute approximate surface area is 161 Å². The lowest BCUT2D eigenvalue weighted by Gasteiger charge is -2.35. The summed E-state index contributed by atoms with van der Waals surface area (Å²) < 4.78 is 0. The second-order valence-corrected chi connectivity index (χ2v) is 9.40. The second-order valence-electron chi connectivity index (χ2n) is 8.54. The number of nitrogens with zero attached hydrogens (tertiary/aromatic N) is 5. The molecule has 0 radical (unpaired) electrons. The Morgan fingerprint density at radius 3 is 2.35 bits per heavy atom. The molecule has 142 valence electrons. The number of aromatic nitrogens is 3. The summed E-state index contributed by atoms with van der Waals surface area (Å²) in [7, 11) is 0. The van der Waals surface area contributed by atoms with E-state index in [-0.39, 0.29) is 5.41 Å². The molecule has 1 aliphatic rings. The molecule has 0 unspecified atom stereocenters. The van der Waals surface area contributed by atoms with Gasteiger partial charge in [-0.1, -0.05) is 34.6 Å². The van der Waals surface area contributed by atoms with Gasteiger partial charge in [-0.15, -0.1) is 11.3 Å². The maximum Gasteiger partial charge on any atom is 0.133 e. The van der Waals surface area contributed by atoms with Crippen molar-refractivity contribution in [2.24, 2.45) is 0 Å². The molecular weight excluding hydrogens is 342 g/mol. The molecule has 1 saturated heterocycles. The lowest BCUT2D eigenvalue weighted by molar-refractivity contribution is 0.246. The van der Waals surface area contributed by atoms with Gasteiger partial charge in [-0.05, 0) is 6.92 Å². The Balaban J connectivity index is 1.60. The van der Waals surface area contributed by atoms with Crippen LogP contribution in [0.5, 0.6) is 0 Å². The van der Waals surface area contributed by atoms with Gasteiger partial charge < -0.3 is 4.90 Å². The van der Waals surface area contributed by atoms with Crippen LogP contribution in [0.2, 0.25) is 0 Å². The number of rotatable bonds is 4. The number of hydrogen-bond acceptors (Lipinski definition) is 6. The molecule has 2 aromatic rings. The van der Waals surface area contributed by atoms with E-state index in [1.807, 2.05) is 0 Å². The summed E-state index contributed by atoms with van der Waals surface area (Å²) in [5.41, 5.74) is 2.40. The third-order valence-electron chi connectivity index (χ3n) is 4.65. The van der Waals surface area contributed by atoms with Crippen LogP contribution in [0.15, 0.2) is 11.4 Å². The Morgan fingerprint density at radius 1 is 1.08 bits per heavy atom. The summed E-state index contributed by atoms with van der Waals surface area (Å²) in [5.74, 6) is 2.38. The topological polar surface area (TPSA) is 45.2 Å². The van der Waals surface area contributed by atoms with E-state index in [4.69, 9.17) is 9.97 Å². The molecule has 0 aliphatic carbocycles. The monoisotopic (exact) mass is 373 g/mol. The first-order valence-electron chi connectivity index (χ1n) is 9.50. The standard InChI is InChI=1S/C20H31N5S/c1-14(2)18-21-15(3)11-17(23-18)25-9-7-24(8-10-25)12-16-13-26-19(22-16)20(4,5)6/h11,13-14H,7-10,12H2,1-6H3. The predicted octanol–water partition coefficient (Wildman–Crippen LogP) is 3.98. The molecule has 26 heavy (non-hydrogen) atoms. The van der Waals surface area contributed by atoms with Gasteiger partial charge in [0.25, 0.3) is 0 Å². The van der Waals surface area contributed by atoms with Gasteiger partial charge in [0, 0.05) is 61.2 Å². The van der Waals surface area contributed by atoms with Crippen molar-refractivity contribution in [3.8, 4) is 0 Å². The Kier molecular flexibility index (Phi) is 5.63. The molecule has 1 fully saturated rings. The quantitative estimate of drug-likeness (QED) is 0.811.